The lowest BCUT2D eigenvalue weighted by Gasteiger charge is -2.30. The Hall–Kier alpha value is 0.210. The highest BCUT2D eigenvalue weighted by atomic mass is 35.5. The number of rotatable bonds is 2. The van der Waals surface area contributed by atoms with E-state index in [2.05, 4.69) is 9.80 Å². The molecule has 0 spiro atoms. The second-order valence-corrected chi connectivity index (χ2v) is 4.15. The minimum atomic E-state index is 0. The van der Waals surface area contributed by atoms with E-state index in [1.807, 2.05) is 0 Å². The van der Waals surface area contributed by atoms with Crippen LogP contribution in [-0.2, 0) is 0 Å². The summed E-state index contributed by atoms with van der Waals surface area (Å²) in [5, 5.41) is 0. The number of hydrogen-bond donors (Lipinski definition) is 0. The van der Waals surface area contributed by atoms with Crippen LogP contribution in [0.15, 0.2) is 0 Å². The second kappa shape index (κ2) is 5.84. The molecule has 0 amide bonds. The molecular formula is C10H21ClN2. The molecule has 0 aromatic heterocycles. The Bertz CT molecular complexity index is 129. The van der Waals surface area contributed by atoms with Crippen molar-refractivity contribution >= 4 is 12.4 Å². The van der Waals surface area contributed by atoms with E-state index in [9.17, 15) is 0 Å². The molecule has 0 saturated carbocycles. The first-order valence-corrected chi connectivity index (χ1v) is 5.40. The summed E-state index contributed by atoms with van der Waals surface area (Å²) in [5.41, 5.74) is 0. The first-order chi connectivity index (χ1) is 5.95. The van der Waals surface area contributed by atoms with E-state index in [-0.39, 0.29) is 12.4 Å². The fourth-order valence-corrected chi connectivity index (χ4v) is 2.31. The Morgan fingerprint density at radius 3 is 1.46 bits per heavy atom. The van der Waals surface area contributed by atoms with Gasteiger partial charge in [-0.1, -0.05) is 6.42 Å². The summed E-state index contributed by atoms with van der Waals surface area (Å²) in [6.45, 7) is 6.62. The zero-order valence-electron chi connectivity index (χ0n) is 8.37. The predicted molar refractivity (Wildman–Crippen MR) is 58.3 cm³/mol. The monoisotopic (exact) mass is 204 g/mol. The number of hydrogen-bond acceptors (Lipinski definition) is 2. The Morgan fingerprint density at radius 1 is 0.615 bits per heavy atom. The van der Waals surface area contributed by atoms with Crippen molar-refractivity contribution in [1.82, 2.24) is 9.80 Å². The molecular weight excluding hydrogens is 184 g/mol. The SMILES string of the molecule is C1CCN(CN2CCCC2)CC1.Cl. The van der Waals surface area contributed by atoms with Crippen LogP contribution in [0, 0.1) is 0 Å². The van der Waals surface area contributed by atoms with Crippen LogP contribution >= 0.6 is 12.4 Å². The van der Waals surface area contributed by atoms with Crippen molar-refractivity contribution in [2.75, 3.05) is 32.8 Å². The van der Waals surface area contributed by atoms with E-state index in [0.29, 0.717) is 0 Å². The Labute approximate surface area is 87.7 Å². The Balaban J connectivity index is 0.000000845. The molecule has 2 rings (SSSR count). The van der Waals surface area contributed by atoms with Gasteiger partial charge in [-0.2, -0.15) is 0 Å². The third-order valence-corrected chi connectivity index (χ3v) is 3.05. The molecule has 78 valence electrons. The summed E-state index contributed by atoms with van der Waals surface area (Å²) < 4.78 is 0. The van der Waals surface area contributed by atoms with Gasteiger partial charge in [0, 0.05) is 0 Å². The number of likely N-dealkylation sites (tertiary alicyclic amines) is 2. The average molecular weight is 205 g/mol. The van der Waals surface area contributed by atoms with Gasteiger partial charge in [0.2, 0.25) is 0 Å². The smallest absolute Gasteiger partial charge is 0.0506 e. The molecule has 2 nitrogen and oxygen atoms in total. The highest BCUT2D eigenvalue weighted by Gasteiger charge is 2.16. The van der Waals surface area contributed by atoms with Gasteiger partial charge in [0.25, 0.3) is 0 Å². The lowest BCUT2D eigenvalue weighted by molar-refractivity contribution is 0.132. The van der Waals surface area contributed by atoms with Crippen molar-refractivity contribution < 1.29 is 0 Å². The van der Waals surface area contributed by atoms with Gasteiger partial charge < -0.3 is 0 Å². The van der Waals surface area contributed by atoms with Crippen LogP contribution in [0.4, 0.5) is 0 Å². The highest BCUT2D eigenvalue weighted by molar-refractivity contribution is 5.85. The van der Waals surface area contributed by atoms with E-state index in [0.717, 1.165) is 0 Å². The van der Waals surface area contributed by atoms with Crippen LogP contribution in [0.3, 0.4) is 0 Å². The molecule has 0 aromatic carbocycles. The van der Waals surface area contributed by atoms with Crippen molar-refractivity contribution in [2.45, 2.75) is 32.1 Å². The summed E-state index contributed by atoms with van der Waals surface area (Å²) in [6, 6.07) is 0. The van der Waals surface area contributed by atoms with E-state index in [4.69, 9.17) is 0 Å². The Kier molecular flexibility index (Phi) is 5.07. The van der Waals surface area contributed by atoms with Crippen molar-refractivity contribution in [3.63, 3.8) is 0 Å². The van der Waals surface area contributed by atoms with E-state index in [1.165, 1.54) is 65.0 Å². The minimum absolute atomic E-state index is 0. The maximum atomic E-state index is 2.62. The fraction of sp³-hybridized carbons (Fsp3) is 1.00. The molecule has 2 fully saturated rings. The lowest BCUT2D eigenvalue weighted by atomic mass is 10.1. The number of piperidine rings is 1. The molecule has 0 aliphatic carbocycles. The third kappa shape index (κ3) is 3.45. The van der Waals surface area contributed by atoms with Gasteiger partial charge in [0.15, 0.2) is 0 Å². The molecule has 0 unspecified atom stereocenters. The summed E-state index contributed by atoms with van der Waals surface area (Å²) >= 11 is 0. The summed E-state index contributed by atoms with van der Waals surface area (Å²) in [7, 11) is 0. The topological polar surface area (TPSA) is 6.48 Å². The maximum absolute atomic E-state index is 2.62. The number of nitrogens with zero attached hydrogens (tertiary/aromatic N) is 2. The Morgan fingerprint density at radius 2 is 1.00 bits per heavy atom. The van der Waals surface area contributed by atoms with Gasteiger partial charge in [-0.25, -0.2) is 0 Å². The lowest BCUT2D eigenvalue weighted by Crippen LogP contribution is -2.39. The summed E-state index contributed by atoms with van der Waals surface area (Å²) in [6.07, 6.45) is 7.15. The van der Waals surface area contributed by atoms with E-state index >= 15 is 0 Å². The molecule has 2 aliphatic heterocycles. The van der Waals surface area contributed by atoms with Crippen LogP contribution in [0.2, 0.25) is 0 Å². The molecule has 2 heterocycles. The number of halogens is 1. The molecule has 0 atom stereocenters. The van der Waals surface area contributed by atoms with Gasteiger partial charge in [-0.3, -0.25) is 9.80 Å². The van der Waals surface area contributed by atoms with Crippen LogP contribution in [0.25, 0.3) is 0 Å². The minimum Gasteiger partial charge on any atom is -0.290 e. The zero-order chi connectivity index (χ0) is 8.23. The first-order valence-electron chi connectivity index (χ1n) is 5.40. The molecule has 0 N–H and O–H groups in total. The van der Waals surface area contributed by atoms with Crippen LogP contribution in [0.5, 0.6) is 0 Å². The maximum Gasteiger partial charge on any atom is 0.0506 e. The van der Waals surface area contributed by atoms with Crippen molar-refractivity contribution in [2.24, 2.45) is 0 Å². The van der Waals surface area contributed by atoms with Gasteiger partial charge >= 0.3 is 0 Å². The van der Waals surface area contributed by atoms with Gasteiger partial charge in [-0.05, 0) is 51.9 Å². The quantitative estimate of drug-likeness (QED) is 0.679. The molecule has 13 heavy (non-hydrogen) atoms. The predicted octanol–water partition coefficient (Wildman–Crippen LogP) is 1.95. The van der Waals surface area contributed by atoms with E-state index < -0.39 is 0 Å². The fourth-order valence-electron chi connectivity index (χ4n) is 2.31. The largest absolute Gasteiger partial charge is 0.290 e. The molecule has 0 aromatic rings. The van der Waals surface area contributed by atoms with Gasteiger partial charge in [0.05, 0.1) is 6.67 Å². The molecule has 0 bridgehead atoms. The first kappa shape index (κ1) is 11.3. The average Bonchev–Trinajstić information content (AvgIpc) is 2.59. The molecule has 2 aliphatic rings. The van der Waals surface area contributed by atoms with Crippen LogP contribution in [0.1, 0.15) is 32.1 Å². The highest BCUT2D eigenvalue weighted by Crippen LogP contribution is 2.12. The van der Waals surface area contributed by atoms with Gasteiger partial charge in [0.1, 0.15) is 0 Å². The van der Waals surface area contributed by atoms with Crippen molar-refractivity contribution in [3.8, 4) is 0 Å². The molecule has 2 saturated heterocycles. The zero-order valence-corrected chi connectivity index (χ0v) is 9.19. The standard InChI is InChI=1S/C10H20N2.ClH/c1-2-6-11(7-3-1)10-12-8-4-5-9-12;/h1-10H2;1H. The second-order valence-electron chi connectivity index (χ2n) is 4.15. The summed E-state index contributed by atoms with van der Waals surface area (Å²) in [4.78, 5) is 5.22. The summed E-state index contributed by atoms with van der Waals surface area (Å²) in [5.74, 6) is 0. The normalized spacial score (nSPS) is 25.8. The van der Waals surface area contributed by atoms with E-state index in [1.54, 1.807) is 0 Å². The molecule has 0 radical (unpaired) electrons. The molecule has 3 heteroatoms. The third-order valence-electron chi connectivity index (χ3n) is 3.05. The van der Waals surface area contributed by atoms with Crippen LogP contribution < -0.4 is 0 Å². The van der Waals surface area contributed by atoms with Gasteiger partial charge in [-0.15, -0.1) is 12.4 Å². The van der Waals surface area contributed by atoms with Crippen molar-refractivity contribution in [1.29, 1.82) is 0 Å². The van der Waals surface area contributed by atoms with Crippen molar-refractivity contribution in [3.05, 3.63) is 0 Å². The van der Waals surface area contributed by atoms with Crippen LogP contribution in [-0.4, -0.2) is 42.6 Å².